The summed E-state index contributed by atoms with van der Waals surface area (Å²) >= 11 is 5.67. The highest BCUT2D eigenvalue weighted by Crippen LogP contribution is 2.28. The maximum absolute atomic E-state index is 13.4. The van der Waals surface area contributed by atoms with Gasteiger partial charge in [0.05, 0.1) is 31.5 Å². The molecular weight excluding hydrogens is 424 g/mol. The second-order valence-electron chi connectivity index (χ2n) is 7.24. The number of thiocarbonyl (C=S) groups is 1. The summed E-state index contributed by atoms with van der Waals surface area (Å²) in [6.45, 7) is 0.329. The number of aromatic nitrogens is 1. The number of nitrogens with zero attached hydrogens (tertiary/aromatic N) is 3. The van der Waals surface area contributed by atoms with Crippen molar-refractivity contribution in [3.8, 4) is 5.75 Å². The van der Waals surface area contributed by atoms with Gasteiger partial charge in [-0.25, -0.2) is 0 Å². The van der Waals surface area contributed by atoms with Gasteiger partial charge in [-0.15, -0.1) is 0 Å². The summed E-state index contributed by atoms with van der Waals surface area (Å²) in [4.78, 5) is 33.8. The van der Waals surface area contributed by atoms with Crippen molar-refractivity contribution in [1.29, 1.82) is 0 Å². The smallest absolute Gasteiger partial charge is 0.256 e. The van der Waals surface area contributed by atoms with Gasteiger partial charge in [0.25, 0.3) is 5.91 Å². The lowest BCUT2D eigenvalue weighted by molar-refractivity contribution is -0.124. The average molecular weight is 447 g/mol. The van der Waals surface area contributed by atoms with E-state index in [1.54, 1.807) is 42.5 Å². The second-order valence-corrected chi connectivity index (χ2v) is 7.60. The molecule has 1 N–H and O–H groups in total. The lowest BCUT2D eigenvalue weighted by Gasteiger charge is -2.23. The summed E-state index contributed by atoms with van der Waals surface area (Å²) < 4.78 is 5.14. The predicted molar refractivity (Wildman–Crippen MR) is 126 cm³/mol. The van der Waals surface area contributed by atoms with Crippen molar-refractivity contribution >= 4 is 40.5 Å². The third-order valence-corrected chi connectivity index (χ3v) is 5.56. The molecule has 162 valence electrons. The van der Waals surface area contributed by atoms with E-state index < -0.39 is 6.04 Å². The van der Waals surface area contributed by atoms with Gasteiger partial charge in [0.1, 0.15) is 11.8 Å². The van der Waals surface area contributed by atoms with E-state index in [0.29, 0.717) is 28.8 Å². The molecule has 7 nitrogen and oxygen atoms in total. The van der Waals surface area contributed by atoms with Gasteiger partial charge in [-0.3, -0.25) is 19.5 Å². The minimum atomic E-state index is -0.733. The van der Waals surface area contributed by atoms with Crippen LogP contribution in [0.5, 0.6) is 5.75 Å². The number of ether oxygens (including phenoxy) is 1. The van der Waals surface area contributed by atoms with Crippen molar-refractivity contribution in [2.75, 3.05) is 17.3 Å². The van der Waals surface area contributed by atoms with Crippen LogP contribution in [0.4, 0.5) is 11.4 Å². The summed E-state index contributed by atoms with van der Waals surface area (Å²) in [7, 11) is 1.58. The van der Waals surface area contributed by atoms with Gasteiger partial charge in [-0.2, -0.15) is 0 Å². The molecule has 2 aromatic carbocycles. The standard InChI is InChI=1S/C24H22N4O3S/c1-31-20-12-10-17(11-13-20)26-22(29)15-21-23(30)28(19-8-3-2-4-9-19)24(32)27(21)16-18-7-5-6-14-25-18/h2-14,21H,15-16H2,1H3,(H,26,29). The number of hydrogen-bond acceptors (Lipinski definition) is 5. The lowest BCUT2D eigenvalue weighted by Crippen LogP contribution is -2.37. The minimum Gasteiger partial charge on any atom is -0.497 e. The number of anilines is 2. The number of amides is 2. The second kappa shape index (κ2) is 9.57. The summed E-state index contributed by atoms with van der Waals surface area (Å²) in [5.74, 6) is 0.179. The first kappa shape index (κ1) is 21.5. The first-order valence-corrected chi connectivity index (χ1v) is 10.5. The van der Waals surface area contributed by atoms with Crippen molar-refractivity contribution in [3.05, 3.63) is 84.7 Å². The molecule has 0 radical (unpaired) electrons. The van der Waals surface area contributed by atoms with Crippen LogP contribution in [0.25, 0.3) is 0 Å². The Hall–Kier alpha value is -3.78. The van der Waals surface area contributed by atoms with Gasteiger partial charge in [-0.05, 0) is 60.7 Å². The number of hydrogen-bond donors (Lipinski definition) is 1. The molecule has 1 atom stereocenters. The zero-order valence-corrected chi connectivity index (χ0v) is 18.3. The number of carbonyl (C=O) groups is 2. The molecule has 0 bridgehead atoms. The Morgan fingerprint density at radius 2 is 1.78 bits per heavy atom. The molecular formula is C24H22N4O3S. The molecule has 32 heavy (non-hydrogen) atoms. The maximum Gasteiger partial charge on any atom is 0.256 e. The Labute approximate surface area is 191 Å². The molecule has 4 rings (SSSR count). The van der Waals surface area contributed by atoms with Crippen molar-refractivity contribution in [3.63, 3.8) is 0 Å². The van der Waals surface area contributed by atoms with E-state index >= 15 is 0 Å². The van der Waals surface area contributed by atoms with E-state index in [0.717, 1.165) is 5.69 Å². The van der Waals surface area contributed by atoms with E-state index in [1.165, 1.54) is 4.90 Å². The SMILES string of the molecule is COc1ccc(NC(=O)CC2C(=O)N(c3ccccc3)C(=S)N2Cc2ccccn2)cc1. The topological polar surface area (TPSA) is 74.8 Å². The molecule has 0 aliphatic carbocycles. The van der Waals surface area contributed by atoms with Crippen LogP contribution in [0, 0.1) is 0 Å². The number of benzene rings is 2. The van der Waals surface area contributed by atoms with Gasteiger partial charge in [0, 0.05) is 11.9 Å². The largest absolute Gasteiger partial charge is 0.497 e. The van der Waals surface area contributed by atoms with Gasteiger partial charge in [0.2, 0.25) is 5.91 Å². The third kappa shape index (κ3) is 4.60. The van der Waals surface area contributed by atoms with Crippen LogP contribution in [0.3, 0.4) is 0 Å². The number of para-hydroxylation sites is 1. The Kier molecular flexibility index (Phi) is 6.42. The van der Waals surface area contributed by atoms with Gasteiger partial charge >= 0.3 is 0 Å². The van der Waals surface area contributed by atoms with Gasteiger partial charge < -0.3 is 15.0 Å². The molecule has 2 amide bonds. The number of carbonyl (C=O) groups excluding carboxylic acids is 2. The predicted octanol–water partition coefficient (Wildman–Crippen LogP) is 3.62. The number of pyridine rings is 1. The molecule has 2 heterocycles. The summed E-state index contributed by atoms with van der Waals surface area (Å²) in [5.41, 5.74) is 2.06. The molecule has 1 aromatic heterocycles. The van der Waals surface area contributed by atoms with E-state index in [-0.39, 0.29) is 18.2 Å². The monoisotopic (exact) mass is 446 g/mol. The Morgan fingerprint density at radius 1 is 1.06 bits per heavy atom. The highest BCUT2D eigenvalue weighted by molar-refractivity contribution is 7.80. The average Bonchev–Trinajstić information content (AvgIpc) is 3.04. The van der Waals surface area contributed by atoms with E-state index in [4.69, 9.17) is 17.0 Å². The Morgan fingerprint density at radius 3 is 2.44 bits per heavy atom. The van der Waals surface area contributed by atoms with Gasteiger partial charge in [0.15, 0.2) is 5.11 Å². The molecule has 1 saturated heterocycles. The molecule has 1 fully saturated rings. The number of methoxy groups -OCH3 is 1. The van der Waals surface area contributed by atoms with Crippen LogP contribution in [0.15, 0.2) is 79.0 Å². The van der Waals surface area contributed by atoms with Gasteiger partial charge in [-0.1, -0.05) is 24.3 Å². The van der Waals surface area contributed by atoms with Crippen molar-refractivity contribution in [2.24, 2.45) is 0 Å². The first-order valence-electron chi connectivity index (χ1n) is 10.1. The van der Waals surface area contributed by atoms with E-state index in [2.05, 4.69) is 10.3 Å². The highest BCUT2D eigenvalue weighted by atomic mass is 32.1. The van der Waals surface area contributed by atoms with Crippen LogP contribution in [-0.4, -0.2) is 40.0 Å². The van der Waals surface area contributed by atoms with Crippen molar-refractivity contribution in [2.45, 2.75) is 19.0 Å². The number of nitrogens with one attached hydrogen (secondary N) is 1. The maximum atomic E-state index is 13.4. The minimum absolute atomic E-state index is 0.0405. The van der Waals surface area contributed by atoms with E-state index in [9.17, 15) is 9.59 Å². The van der Waals surface area contributed by atoms with Crippen LogP contribution < -0.4 is 15.0 Å². The summed E-state index contributed by atoms with van der Waals surface area (Å²) in [6, 6.07) is 21.1. The molecule has 1 unspecified atom stereocenters. The van der Waals surface area contributed by atoms with Crippen LogP contribution in [0.2, 0.25) is 0 Å². The molecule has 3 aromatic rings. The van der Waals surface area contributed by atoms with Crippen LogP contribution in [0.1, 0.15) is 12.1 Å². The molecule has 0 spiro atoms. The summed E-state index contributed by atoms with van der Waals surface area (Å²) in [6.07, 6.45) is 1.65. The highest BCUT2D eigenvalue weighted by Gasteiger charge is 2.44. The molecule has 0 saturated carbocycles. The molecule has 1 aliphatic heterocycles. The Bertz CT molecular complexity index is 1110. The lowest BCUT2D eigenvalue weighted by atomic mass is 10.1. The first-order chi connectivity index (χ1) is 15.6. The summed E-state index contributed by atoms with van der Waals surface area (Å²) in [5, 5.41) is 3.20. The fourth-order valence-corrected chi connectivity index (χ4v) is 3.94. The molecule has 8 heteroatoms. The quantitative estimate of drug-likeness (QED) is 0.559. The number of rotatable bonds is 7. The van der Waals surface area contributed by atoms with E-state index in [1.807, 2.05) is 48.5 Å². The zero-order valence-electron chi connectivity index (χ0n) is 17.5. The van der Waals surface area contributed by atoms with Crippen molar-refractivity contribution < 1.29 is 14.3 Å². The fraction of sp³-hybridized carbons (Fsp3) is 0.167. The third-order valence-electron chi connectivity index (χ3n) is 5.14. The van der Waals surface area contributed by atoms with Crippen LogP contribution >= 0.6 is 12.2 Å². The normalized spacial score (nSPS) is 15.7. The van der Waals surface area contributed by atoms with Crippen LogP contribution in [-0.2, 0) is 16.1 Å². The zero-order chi connectivity index (χ0) is 22.5. The Balaban J connectivity index is 1.56. The van der Waals surface area contributed by atoms with Crippen molar-refractivity contribution in [1.82, 2.24) is 9.88 Å². The molecule has 1 aliphatic rings. The fourth-order valence-electron chi connectivity index (χ4n) is 3.56.